The van der Waals surface area contributed by atoms with Crippen molar-refractivity contribution >= 4 is 12.0 Å². The van der Waals surface area contributed by atoms with Crippen molar-refractivity contribution in [1.29, 1.82) is 0 Å². The number of carbonyl (C=O) groups is 1. The van der Waals surface area contributed by atoms with Crippen LogP contribution in [0.2, 0.25) is 0 Å². The fraction of sp³-hybridized carbons (Fsp3) is 0.333. The summed E-state index contributed by atoms with van der Waals surface area (Å²) in [5.74, 6) is -0.106. The predicted molar refractivity (Wildman–Crippen MR) is 125 cm³/mol. The van der Waals surface area contributed by atoms with Gasteiger partial charge >= 0.3 is 0 Å². The Kier molecular flexibility index (Phi) is 7.56. The van der Waals surface area contributed by atoms with E-state index in [1.807, 2.05) is 18.2 Å². The van der Waals surface area contributed by atoms with Crippen LogP contribution in [0.15, 0.2) is 60.0 Å². The van der Waals surface area contributed by atoms with Crippen LogP contribution in [0.4, 0.5) is 4.39 Å². The molecule has 1 atom stereocenters. The molecule has 2 aromatic rings. The Labute approximate surface area is 184 Å². The van der Waals surface area contributed by atoms with Crippen molar-refractivity contribution in [3.63, 3.8) is 0 Å². The monoisotopic (exact) mass is 418 g/mol. The summed E-state index contributed by atoms with van der Waals surface area (Å²) >= 11 is 0. The smallest absolute Gasteiger partial charge is 0.253 e. The van der Waals surface area contributed by atoms with Crippen LogP contribution in [0, 0.1) is 11.7 Å². The van der Waals surface area contributed by atoms with E-state index in [1.165, 1.54) is 11.1 Å². The van der Waals surface area contributed by atoms with E-state index in [0.29, 0.717) is 17.0 Å². The van der Waals surface area contributed by atoms with Crippen LogP contribution in [0.3, 0.4) is 0 Å². The van der Waals surface area contributed by atoms with Gasteiger partial charge in [0.05, 0.1) is 5.56 Å². The third-order valence-electron chi connectivity index (χ3n) is 5.64. The molecule has 3 rings (SSSR count). The fourth-order valence-electron chi connectivity index (χ4n) is 3.60. The summed E-state index contributed by atoms with van der Waals surface area (Å²) in [6.45, 7) is 8.58. The molecule has 0 aliphatic heterocycles. The van der Waals surface area contributed by atoms with Crippen molar-refractivity contribution in [3.8, 4) is 0 Å². The van der Waals surface area contributed by atoms with E-state index in [1.54, 1.807) is 18.5 Å². The molecular formula is C27H31FN2O. The van der Waals surface area contributed by atoms with E-state index >= 15 is 0 Å². The minimum absolute atomic E-state index is 0.144. The Bertz CT molecular complexity index is 1050. The van der Waals surface area contributed by atoms with Crippen molar-refractivity contribution in [3.05, 3.63) is 93.6 Å². The zero-order chi connectivity index (χ0) is 22.4. The molecule has 0 saturated heterocycles. The molecular weight excluding hydrogens is 387 g/mol. The second-order valence-corrected chi connectivity index (χ2v) is 8.50. The third kappa shape index (κ3) is 6.24. The lowest BCUT2D eigenvalue weighted by atomic mass is 9.89. The normalized spacial score (nSPS) is 16.2. The molecule has 0 saturated carbocycles. The highest BCUT2D eigenvalue weighted by Crippen LogP contribution is 2.25. The lowest BCUT2D eigenvalue weighted by molar-refractivity contribution is 0.0950. The van der Waals surface area contributed by atoms with Gasteiger partial charge in [-0.1, -0.05) is 49.3 Å². The third-order valence-corrected chi connectivity index (χ3v) is 5.64. The van der Waals surface area contributed by atoms with Crippen molar-refractivity contribution in [2.45, 2.75) is 53.5 Å². The number of amides is 1. The summed E-state index contributed by atoms with van der Waals surface area (Å²) < 4.78 is 14.5. The second kappa shape index (κ2) is 10.3. The standard InChI is InChI=1S/C27H31FN2O/c1-5-18(2)6-7-19(3)10-21-12-25(16-29-15-21)27(31)30-17-24-13-22-9-8-20(4)11-23(22)14-26(24)28/h6-9,12-16,20H,5,10-11,17H2,1-4H3,(H,30,31)/b18-6+,19-7+. The molecule has 1 heterocycles. The molecule has 1 unspecified atom stereocenters. The van der Waals surface area contributed by atoms with E-state index in [-0.39, 0.29) is 18.3 Å². The van der Waals surface area contributed by atoms with Crippen molar-refractivity contribution < 1.29 is 9.18 Å². The average molecular weight is 419 g/mol. The summed E-state index contributed by atoms with van der Waals surface area (Å²) in [5.41, 5.74) is 6.53. The largest absolute Gasteiger partial charge is 0.348 e. The Morgan fingerprint density at radius 3 is 2.74 bits per heavy atom. The minimum Gasteiger partial charge on any atom is -0.348 e. The van der Waals surface area contributed by atoms with Crippen LogP contribution in [-0.4, -0.2) is 10.9 Å². The van der Waals surface area contributed by atoms with Crippen LogP contribution < -0.4 is 5.32 Å². The average Bonchev–Trinajstić information content (AvgIpc) is 2.76. The zero-order valence-electron chi connectivity index (χ0n) is 18.8. The van der Waals surface area contributed by atoms with E-state index in [4.69, 9.17) is 0 Å². The summed E-state index contributed by atoms with van der Waals surface area (Å²) in [6, 6.07) is 5.29. The van der Waals surface area contributed by atoms with Gasteiger partial charge in [0.15, 0.2) is 0 Å². The SMILES string of the molecule is CC/C(C)=C/C=C(\C)Cc1cncc(C(=O)NCc2cc3c(cc2F)CC(C)C=C3)c1. The van der Waals surface area contributed by atoms with Gasteiger partial charge in [-0.3, -0.25) is 9.78 Å². The van der Waals surface area contributed by atoms with Gasteiger partial charge in [0.1, 0.15) is 5.82 Å². The number of benzene rings is 1. The summed E-state index contributed by atoms with van der Waals surface area (Å²) in [5, 5.41) is 2.83. The summed E-state index contributed by atoms with van der Waals surface area (Å²) in [6.07, 6.45) is 14.3. The molecule has 4 heteroatoms. The zero-order valence-corrected chi connectivity index (χ0v) is 18.8. The number of nitrogens with one attached hydrogen (secondary N) is 1. The molecule has 1 amide bonds. The highest BCUT2D eigenvalue weighted by atomic mass is 19.1. The molecule has 1 aliphatic carbocycles. The van der Waals surface area contributed by atoms with Gasteiger partial charge in [-0.2, -0.15) is 0 Å². The molecule has 0 bridgehead atoms. The Balaban J connectivity index is 1.66. The number of hydrogen-bond acceptors (Lipinski definition) is 2. The number of pyridine rings is 1. The first-order valence-electron chi connectivity index (χ1n) is 10.9. The first-order valence-corrected chi connectivity index (χ1v) is 10.9. The molecule has 1 aromatic heterocycles. The van der Waals surface area contributed by atoms with E-state index in [9.17, 15) is 9.18 Å². The number of halogens is 1. The quantitative estimate of drug-likeness (QED) is 0.544. The van der Waals surface area contributed by atoms with Gasteiger partial charge in [0.2, 0.25) is 0 Å². The van der Waals surface area contributed by atoms with Gasteiger partial charge in [-0.25, -0.2) is 4.39 Å². The number of rotatable bonds is 7. The van der Waals surface area contributed by atoms with Gasteiger partial charge in [-0.05, 0) is 73.9 Å². The van der Waals surface area contributed by atoms with Crippen LogP contribution in [0.1, 0.15) is 66.7 Å². The molecule has 1 aliphatic rings. The Morgan fingerprint density at radius 2 is 1.97 bits per heavy atom. The molecule has 0 fully saturated rings. The van der Waals surface area contributed by atoms with E-state index in [0.717, 1.165) is 36.0 Å². The maximum atomic E-state index is 14.5. The number of aromatic nitrogens is 1. The fourth-order valence-corrected chi connectivity index (χ4v) is 3.60. The molecule has 0 radical (unpaired) electrons. The highest BCUT2D eigenvalue weighted by Gasteiger charge is 2.15. The maximum absolute atomic E-state index is 14.5. The number of carbonyl (C=O) groups excluding carboxylic acids is 1. The van der Waals surface area contributed by atoms with Crippen LogP contribution in [-0.2, 0) is 19.4 Å². The van der Waals surface area contributed by atoms with E-state index < -0.39 is 0 Å². The first-order chi connectivity index (χ1) is 14.9. The highest BCUT2D eigenvalue weighted by molar-refractivity contribution is 5.94. The lowest BCUT2D eigenvalue weighted by Gasteiger charge is -2.17. The molecule has 31 heavy (non-hydrogen) atoms. The molecule has 0 spiro atoms. The van der Waals surface area contributed by atoms with Crippen LogP contribution >= 0.6 is 0 Å². The number of fused-ring (bicyclic) bond motifs is 1. The van der Waals surface area contributed by atoms with E-state index in [2.05, 4.69) is 56.2 Å². The Hall–Kier alpha value is -3.01. The summed E-state index contributed by atoms with van der Waals surface area (Å²) in [4.78, 5) is 16.9. The van der Waals surface area contributed by atoms with Crippen molar-refractivity contribution in [2.75, 3.05) is 0 Å². The maximum Gasteiger partial charge on any atom is 0.253 e. The minimum atomic E-state index is -0.274. The predicted octanol–water partition coefficient (Wildman–Crippen LogP) is 6.20. The van der Waals surface area contributed by atoms with Crippen LogP contribution in [0.5, 0.6) is 0 Å². The molecule has 1 N–H and O–H groups in total. The van der Waals surface area contributed by atoms with Crippen LogP contribution in [0.25, 0.3) is 6.08 Å². The molecule has 3 nitrogen and oxygen atoms in total. The molecule has 162 valence electrons. The van der Waals surface area contributed by atoms with Crippen molar-refractivity contribution in [2.24, 2.45) is 5.92 Å². The van der Waals surface area contributed by atoms with Gasteiger partial charge < -0.3 is 5.32 Å². The number of nitrogens with zero attached hydrogens (tertiary/aromatic N) is 1. The lowest BCUT2D eigenvalue weighted by Crippen LogP contribution is -2.24. The van der Waals surface area contributed by atoms with Crippen molar-refractivity contribution in [1.82, 2.24) is 10.3 Å². The number of allylic oxidation sites excluding steroid dienone is 5. The van der Waals surface area contributed by atoms with Gasteiger partial charge in [0.25, 0.3) is 5.91 Å². The molecule has 1 aromatic carbocycles. The van der Waals surface area contributed by atoms with Gasteiger partial charge in [-0.15, -0.1) is 0 Å². The Morgan fingerprint density at radius 1 is 1.19 bits per heavy atom. The second-order valence-electron chi connectivity index (χ2n) is 8.50. The topological polar surface area (TPSA) is 42.0 Å². The first kappa shape index (κ1) is 22.7. The van der Waals surface area contributed by atoms with Gasteiger partial charge in [0, 0.05) is 24.5 Å². The summed E-state index contributed by atoms with van der Waals surface area (Å²) in [7, 11) is 0. The number of hydrogen-bond donors (Lipinski definition) is 1.